The molecular weight excluding hydrogens is 477 g/mol. The van der Waals surface area contributed by atoms with E-state index in [4.69, 9.17) is 9.47 Å². The summed E-state index contributed by atoms with van der Waals surface area (Å²) in [6.07, 6.45) is -3.05. The third kappa shape index (κ3) is 6.99. The molecule has 10 heteroatoms. The monoisotopic (exact) mass is 506 g/mol. The number of hydrogen-bond acceptors (Lipinski definition) is 5. The van der Waals surface area contributed by atoms with Gasteiger partial charge >= 0.3 is 6.18 Å². The summed E-state index contributed by atoms with van der Waals surface area (Å²) in [7, 11) is 4.53. The van der Waals surface area contributed by atoms with Gasteiger partial charge in [-0.15, -0.1) is 0 Å². The number of methoxy groups -OCH3 is 1. The number of carbonyl (C=O) groups excluding carboxylic acids is 3. The van der Waals surface area contributed by atoms with Crippen molar-refractivity contribution in [2.45, 2.75) is 44.8 Å². The second kappa shape index (κ2) is 11.0. The smallest absolute Gasteiger partial charge is 0.420 e. The second-order valence-electron chi connectivity index (χ2n) is 9.07. The van der Waals surface area contributed by atoms with E-state index in [0.29, 0.717) is 12.8 Å². The van der Waals surface area contributed by atoms with Gasteiger partial charge < -0.3 is 19.7 Å². The minimum Gasteiger partial charge on any atom is -0.497 e. The lowest BCUT2D eigenvalue weighted by molar-refractivity contribution is -0.138. The maximum Gasteiger partial charge on any atom is 0.420 e. The number of alkyl halides is 3. The molecule has 2 aromatic carbocycles. The molecule has 0 unspecified atom stereocenters. The minimum absolute atomic E-state index is 0.0675. The molecular formula is C26H29F3N2O5. The van der Waals surface area contributed by atoms with Crippen molar-refractivity contribution in [2.75, 3.05) is 21.2 Å². The fourth-order valence-corrected chi connectivity index (χ4v) is 3.69. The quantitative estimate of drug-likeness (QED) is 0.476. The standard InChI is InChI=1S/C26H29F3N2O5/c1-31(2)23(33)11-6-18(32)15-25(12-13-25)24(34)30-16-17-4-7-19(8-5-17)36-22-10-9-20(35-3)14-21(22)26(27,28)29/h4-5,7-10,14H,6,11-13,15-16H2,1-3H3,(H,30,34). The highest BCUT2D eigenvalue weighted by molar-refractivity contribution is 5.93. The average molecular weight is 507 g/mol. The van der Waals surface area contributed by atoms with E-state index < -0.39 is 17.2 Å². The minimum atomic E-state index is -4.61. The van der Waals surface area contributed by atoms with Gasteiger partial charge in [-0.2, -0.15) is 13.2 Å². The van der Waals surface area contributed by atoms with Crippen LogP contribution in [-0.2, 0) is 27.1 Å². The summed E-state index contributed by atoms with van der Waals surface area (Å²) in [5.41, 5.74) is -0.947. The van der Waals surface area contributed by atoms with Gasteiger partial charge in [0, 0.05) is 39.9 Å². The van der Waals surface area contributed by atoms with Crippen LogP contribution in [0.2, 0.25) is 0 Å². The van der Waals surface area contributed by atoms with Crippen molar-refractivity contribution in [1.29, 1.82) is 0 Å². The second-order valence-corrected chi connectivity index (χ2v) is 9.07. The summed E-state index contributed by atoms with van der Waals surface area (Å²) in [6.45, 7) is 0.199. The molecule has 0 spiro atoms. The third-order valence-corrected chi connectivity index (χ3v) is 6.08. The molecule has 2 amide bonds. The van der Waals surface area contributed by atoms with Crippen LogP contribution in [0.5, 0.6) is 17.2 Å². The SMILES string of the molecule is COc1ccc(Oc2ccc(CNC(=O)C3(CC(=O)CCC(=O)N(C)C)CC3)cc2)c(C(F)(F)F)c1. The van der Waals surface area contributed by atoms with Gasteiger partial charge in [-0.1, -0.05) is 12.1 Å². The van der Waals surface area contributed by atoms with Crippen LogP contribution in [0.1, 0.15) is 43.2 Å². The summed E-state index contributed by atoms with van der Waals surface area (Å²) in [5, 5.41) is 2.83. The van der Waals surface area contributed by atoms with Gasteiger partial charge in [-0.25, -0.2) is 0 Å². The molecule has 1 saturated carbocycles. The average Bonchev–Trinajstić information content (AvgIpc) is 3.61. The Bertz CT molecular complexity index is 1110. The number of Topliss-reactive ketones (excluding diaryl/α,β-unsaturated/α-hetero) is 1. The van der Waals surface area contributed by atoms with Gasteiger partial charge in [0.25, 0.3) is 0 Å². The Balaban J connectivity index is 1.54. The molecule has 0 atom stereocenters. The molecule has 2 aromatic rings. The maximum atomic E-state index is 13.4. The van der Waals surface area contributed by atoms with Gasteiger partial charge in [0.1, 0.15) is 28.6 Å². The van der Waals surface area contributed by atoms with E-state index >= 15 is 0 Å². The normalized spacial score (nSPS) is 14.1. The predicted octanol–water partition coefficient (Wildman–Crippen LogP) is 4.73. The highest BCUT2D eigenvalue weighted by atomic mass is 19.4. The number of carbonyl (C=O) groups is 3. The van der Waals surface area contributed by atoms with E-state index in [1.54, 1.807) is 26.2 Å². The first kappa shape index (κ1) is 27.0. The number of halogens is 3. The highest BCUT2D eigenvalue weighted by Crippen LogP contribution is 2.49. The zero-order valence-electron chi connectivity index (χ0n) is 20.4. The van der Waals surface area contributed by atoms with Crippen molar-refractivity contribution in [2.24, 2.45) is 5.41 Å². The largest absolute Gasteiger partial charge is 0.497 e. The lowest BCUT2D eigenvalue weighted by Gasteiger charge is -2.16. The van der Waals surface area contributed by atoms with Crippen LogP contribution >= 0.6 is 0 Å². The van der Waals surface area contributed by atoms with E-state index in [1.807, 2.05) is 0 Å². The summed E-state index contributed by atoms with van der Waals surface area (Å²) in [6, 6.07) is 9.77. The molecule has 1 N–H and O–H groups in total. The molecule has 0 radical (unpaired) electrons. The molecule has 0 aromatic heterocycles. The number of ketones is 1. The Hall–Kier alpha value is -3.56. The van der Waals surface area contributed by atoms with Crippen LogP contribution < -0.4 is 14.8 Å². The van der Waals surface area contributed by atoms with Gasteiger partial charge in [-0.05, 0) is 48.7 Å². The summed E-state index contributed by atoms with van der Waals surface area (Å²) < 4.78 is 50.5. The fourth-order valence-electron chi connectivity index (χ4n) is 3.69. The van der Waals surface area contributed by atoms with E-state index in [0.717, 1.165) is 11.6 Å². The number of nitrogens with zero attached hydrogens (tertiary/aromatic N) is 1. The van der Waals surface area contributed by atoms with Crippen molar-refractivity contribution >= 4 is 17.6 Å². The summed E-state index contributed by atoms with van der Waals surface area (Å²) in [5.74, 6) is -0.543. The van der Waals surface area contributed by atoms with Crippen LogP contribution in [-0.4, -0.2) is 43.7 Å². The van der Waals surface area contributed by atoms with E-state index in [9.17, 15) is 27.6 Å². The van der Waals surface area contributed by atoms with Crippen LogP contribution in [0, 0.1) is 5.41 Å². The molecule has 0 heterocycles. The molecule has 1 aliphatic rings. The van der Waals surface area contributed by atoms with Crippen molar-refractivity contribution in [1.82, 2.24) is 10.2 Å². The van der Waals surface area contributed by atoms with E-state index in [-0.39, 0.29) is 60.7 Å². The highest BCUT2D eigenvalue weighted by Gasteiger charge is 2.50. The third-order valence-electron chi connectivity index (χ3n) is 6.08. The number of hydrogen-bond donors (Lipinski definition) is 1. The number of amides is 2. The topological polar surface area (TPSA) is 84.9 Å². The van der Waals surface area contributed by atoms with Crippen LogP contribution in [0.3, 0.4) is 0 Å². The van der Waals surface area contributed by atoms with E-state index in [1.165, 1.54) is 36.3 Å². The molecule has 1 aliphatic carbocycles. The Morgan fingerprint density at radius 1 is 1.00 bits per heavy atom. The first-order valence-corrected chi connectivity index (χ1v) is 11.5. The zero-order chi connectivity index (χ0) is 26.5. The molecule has 7 nitrogen and oxygen atoms in total. The Morgan fingerprint density at radius 3 is 2.19 bits per heavy atom. The Labute approximate surface area is 207 Å². The van der Waals surface area contributed by atoms with Gasteiger partial charge in [0.05, 0.1) is 12.5 Å². The predicted molar refractivity (Wildman–Crippen MR) is 126 cm³/mol. The Morgan fingerprint density at radius 2 is 1.64 bits per heavy atom. The van der Waals surface area contributed by atoms with Crippen LogP contribution in [0.4, 0.5) is 13.2 Å². The van der Waals surface area contributed by atoms with Gasteiger partial charge in [-0.3, -0.25) is 14.4 Å². The molecule has 1 fully saturated rings. The number of nitrogens with one attached hydrogen (secondary N) is 1. The maximum absolute atomic E-state index is 13.4. The number of rotatable bonds is 11. The van der Waals surface area contributed by atoms with Gasteiger partial charge in [0.15, 0.2) is 0 Å². The first-order valence-electron chi connectivity index (χ1n) is 11.5. The molecule has 194 valence electrons. The Kier molecular flexibility index (Phi) is 8.27. The number of ether oxygens (including phenoxy) is 2. The van der Waals surface area contributed by atoms with Gasteiger partial charge in [0.2, 0.25) is 11.8 Å². The molecule has 3 rings (SSSR count). The lowest BCUT2D eigenvalue weighted by atomic mass is 9.96. The molecule has 0 bridgehead atoms. The summed E-state index contributed by atoms with van der Waals surface area (Å²) in [4.78, 5) is 38.1. The summed E-state index contributed by atoms with van der Waals surface area (Å²) >= 11 is 0. The zero-order valence-corrected chi connectivity index (χ0v) is 20.4. The van der Waals surface area contributed by atoms with Crippen molar-refractivity contribution in [3.05, 3.63) is 53.6 Å². The van der Waals surface area contributed by atoms with Crippen molar-refractivity contribution < 1.29 is 37.0 Å². The van der Waals surface area contributed by atoms with E-state index in [2.05, 4.69) is 5.32 Å². The molecule has 36 heavy (non-hydrogen) atoms. The number of benzene rings is 2. The van der Waals surface area contributed by atoms with Crippen molar-refractivity contribution in [3.8, 4) is 17.2 Å². The van der Waals surface area contributed by atoms with Crippen LogP contribution in [0.25, 0.3) is 0 Å². The lowest BCUT2D eigenvalue weighted by Crippen LogP contribution is -2.33. The first-order chi connectivity index (χ1) is 16.9. The molecule has 0 aliphatic heterocycles. The fraction of sp³-hybridized carbons (Fsp3) is 0.423. The van der Waals surface area contributed by atoms with Crippen molar-refractivity contribution in [3.63, 3.8) is 0 Å². The molecule has 0 saturated heterocycles. The van der Waals surface area contributed by atoms with Crippen LogP contribution in [0.15, 0.2) is 42.5 Å².